The minimum absolute atomic E-state index is 0.0702. The number of esters is 1. The predicted octanol–water partition coefficient (Wildman–Crippen LogP) is 5.91. The highest BCUT2D eigenvalue weighted by atomic mass is 32.2. The van der Waals surface area contributed by atoms with Crippen molar-refractivity contribution >= 4 is 15.8 Å². The molecular weight excluding hydrogens is 545 g/mol. The van der Waals surface area contributed by atoms with Crippen LogP contribution in [-0.2, 0) is 25.8 Å². The maximum Gasteiger partial charge on any atom is 0.309 e. The Morgan fingerprint density at radius 1 is 1.15 bits per heavy atom. The zero-order valence-electron chi connectivity index (χ0n) is 24.1. The van der Waals surface area contributed by atoms with Crippen molar-refractivity contribution in [3.63, 3.8) is 0 Å². The van der Waals surface area contributed by atoms with Gasteiger partial charge in [0, 0.05) is 30.0 Å². The number of hydrogen-bond donors (Lipinski definition) is 0. The summed E-state index contributed by atoms with van der Waals surface area (Å²) in [5.41, 5.74) is 6.40. The third kappa shape index (κ3) is 6.25. The molecule has 218 valence electrons. The van der Waals surface area contributed by atoms with E-state index in [1.54, 1.807) is 19.2 Å². The first-order chi connectivity index (χ1) is 19.5. The number of ether oxygens (including phenoxy) is 3. The molecule has 4 atom stereocenters. The number of pyridine rings is 1. The predicted molar refractivity (Wildman–Crippen MR) is 154 cm³/mol. The summed E-state index contributed by atoms with van der Waals surface area (Å²) < 4.78 is 54.8. The van der Waals surface area contributed by atoms with Crippen LogP contribution in [0, 0.1) is 31.5 Å². The Hall–Kier alpha value is -3.46. The van der Waals surface area contributed by atoms with Crippen molar-refractivity contribution in [1.29, 1.82) is 0 Å². The van der Waals surface area contributed by atoms with Crippen molar-refractivity contribution in [3.8, 4) is 22.8 Å². The lowest BCUT2D eigenvalue weighted by Gasteiger charge is -2.19. The van der Waals surface area contributed by atoms with Crippen LogP contribution < -0.4 is 9.47 Å². The van der Waals surface area contributed by atoms with Gasteiger partial charge in [-0.25, -0.2) is 17.8 Å². The van der Waals surface area contributed by atoms with E-state index >= 15 is 4.39 Å². The zero-order chi connectivity index (χ0) is 29.5. The van der Waals surface area contributed by atoms with Crippen molar-refractivity contribution in [2.24, 2.45) is 11.8 Å². The largest absolute Gasteiger partial charge is 0.494 e. The van der Waals surface area contributed by atoms with Gasteiger partial charge in [-0.15, -0.1) is 0 Å². The Morgan fingerprint density at radius 2 is 1.88 bits per heavy atom. The highest BCUT2D eigenvalue weighted by Crippen LogP contribution is 2.62. The lowest BCUT2D eigenvalue weighted by atomic mass is 9.93. The quantitative estimate of drug-likeness (QED) is 0.205. The third-order valence-electron chi connectivity index (χ3n) is 8.00. The number of aromatic nitrogens is 1. The van der Waals surface area contributed by atoms with E-state index in [-0.39, 0.29) is 35.3 Å². The van der Waals surface area contributed by atoms with E-state index < -0.39 is 15.9 Å². The van der Waals surface area contributed by atoms with E-state index in [1.165, 1.54) is 12.3 Å². The maximum absolute atomic E-state index is 15.0. The van der Waals surface area contributed by atoms with E-state index in [0.29, 0.717) is 36.8 Å². The Morgan fingerprint density at radius 3 is 2.56 bits per heavy atom. The lowest BCUT2D eigenvalue weighted by Crippen LogP contribution is -2.11. The van der Waals surface area contributed by atoms with Gasteiger partial charge >= 0.3 is 5.97 Å². The van der Waals surface area contributed by atoms with E-state index in [2.05, 4.69) is 4.98 Å². The summed E-state index contributed by atoms with van der Waals surface area (Å²) in [6, 6.07) is 10.8. The van der Waals surface area contributed by atoms with Gasteiger partial charge in [-0.05, 0) is 104 Å². The molecule has 2 aromatic carbocycles. The zero-order valence-corrected chi connectivity index (χ0v) is 24.9. The minimum Gasteiger partial charge on any atom is -0.494 e. The van der Waals surface area contributed by atoms with Crippen molar-refractivity contribution in [3.05, 3.63) is 76.2 Å². The van der Waals surface area contributed by atoms with Crippen LogP contribution in [0.25, 0.3) is 11.1 Å². The van der Waals surface area contributed by atoms with Gasteiger partial charge in [0.1, 0.15) is 27.5 Å². The summed E-state index contributed by atoms with van der Waals surface area (Å²) in [6.07, 6.45) is 3.63. The Labute approximate surface area is 241 Å². The second kappa shape index (κ2) is 11.4. The normalized spacial score (nSPS) is 19.7. The van der Waals surface area contributed by atoms with Crippen molar-refractivity contribution in [2.45, 2.75) is 52.6 Å². The fourth-order valence-electron chi connectivity index (χ4n) is 6.12. The van der Waals surface area contributed by atoms with Crippen LogP contribution in [0.1, 0.15) is 60.1 Å². The highest BCUT2D eigenvalue weighted by Gasteiger charge is 2.60. The number of hydrogen-bond acceptors (Lipinski definition) is 7. The van der Waals surface area contributed by atoms with Gasteiger partial charge in [0.25, 0.3) is 0 Å². The van der Waals surface area contributed by atoms with Crippen LogP contribution in [0.15, 0.2) is 42.6 Å². The molecule has 2 aliphatic rings. The van der Waals surface area contributed by atoms with Crippen molar-refractivity contribution in [2.75, 3.05) is 25.2 Å². The standard InChI is InChI=1S/C32H36FNO6S/c1-6-38-32(35)31-25-15-22-16-28(34-17-26(22)30(25)31)40-20(4)24-14-21(8-9-27(24)33)29-18(2)12-23(13-19(29)3)39-10-7-11-41(5,36)37/h8-9,12-14,16-17,20,25,30-31H,6-7,10-11,15H2,1-5H3/t20?,25-,30-,31+/m1/s1. The van der Waals surface area contributed by atoms with Crippen LogP contribution in [-0.4, -0.2) is 44.6 Å². The molecule has 1 fully saturated rings. The fourth-order valence-corrected chi connectivity index (χ4v) is 6.76. The molecule has 1 aromatic heterocycles. The number of aryl methyl sites for hydroxylation is 2. The van der Waals surface area contributed by atoms with Gasteiger partial charge in [-0.1, -0.05) is 6.07 Å². The Kier molecular flexibility index (Phi) is 8.10. The number of carbonyl (C=O) groups excluding carboxylic acids is 1. The van der Waals surface area contributed by atoms with Gasteiger partial charge in [-0.3, -0.25) is 4.79 Å². The molecule has 1 saturated carbocycles. The second-order valence-electron chi connectivity index (χ2n) is 11.2. The maximum atomic E-state index is 15.0. The average molecular weight is 582 g/mol. The molecule has 0 saturated heterocycles. The number of sulfone groups is 1. The van der Waals surface area contributed by atoms with E-state index in [1.807, 2.05) is 45.0 Å². The first-order valence-corrected chi connectivity index (χ1v) is 16.1. The van der Waals surface area contributed by atoms with Gasteiger partial charge in [0.15, 0.2) is 0 Å². The molecule has 3 aromatic rings. The molecule has 2 aliphatic carbocycles. The molecule has 0 radical (unpaired) electrons. The molecule has 0 spiro atoms. The van der Waals surface area contributed by atoms with Gasteiger partial charge in [0.2, 0.25) is 5.88 Å². The average Bonchev–Trinajstić information content (AvgIpc) is 3.48. The van der Waals surface area contributed by atoms with E-state index in [0.717, 1.165) is 39.8 Å². The number of rotatable bonds is 11. The summed E-state index contributed by atoms with van der Waals surface area (Å²) in [5.74, 6) is 1.07. The van der Waals surface area contributed by atoms with Crippen LogP contribution in [0.5, 0.6) is 11.6 Å². The van der Waals surface area contributed by atoms with Crippen molar-refractivity contribution in [1.82, 2.24) is 4.98 Å². The number of halogens is 1. The van der Waals surface area contributed by atoms with Gasteiger partial charge in [0.05, 0.1) is 24.9 Å². The highest BCUT2D eigenvalue weighted by molar-refractivity contribution is 7.90. The Bertz CT molecular complexity index is 1560. The third-order valence-corrected chi connectivity index (χ3v) is 9.03. The fraction of sp³-hybridized carbons (Fsp3) is 0.438. The summed E-state index contributed by atoms with van der Waals surface area (Å²) in [6.45, 7) is 8.26. The molecule has 0 amide bonds. The molecule has 9 heteroatoms. The molecule has 0 aliphatic heterocycles. The Balaban J connectivity index is 1.28. The molecule has 5 rings (SSSR count). The topological polar surface area (TPSA) is 91.8 Å². The number of fused-ring (bicyclic) bond motifs is 3. The number of nitrogens with zero attached hydrogens (tertiary/aromatic N) is 1. The smallest absolute Gasteiger partial charge is 0.309 e. The van der Waals surface area contributed by atoms with Crippen molar-refractivity contribution < 1.29 is 31.8 Å². The SMILES string of the molecule is CCOC(=O)[C@H]1[C@@H]2Cc3cc(OC(C)c4cc(-c5c(C)cc(OCCCS(C)(=O)=O)cc5C)ccc4F)ncc3[C@@H]21. The molecule has 7 nitrogen and oxygen atoms in total. The molecule has 1 unspecified atom stereocenters. The van der Waals surface area contributed by atoms with E-state index in [9.17, 15) is 13.2 Å². The molecule has 41 heavy (non-hydrogen) atoms. The summed E-state index contributed by atoms with van der Waals surface area (Å²) in [5, 5.41) is 0. The van der Waals surface area contributed by atoms with Gasteiger partial charge < -0.3 is 14.2 Å². The first-order valence-electron chi connectivity index (χ1n) is 14.0. The number of carbonyl (C=O) groups is 1. The lowest BCUT2D eigenvalue weighted by molar-refractivity contribution is -0.145. The summed E-state index contributed by atoms with van der Waals surface area (Å²) >= 11 is 0. The second-order valence-corrected chi connectivity index (χ2v) is 13.4. The van der Waals surface area contributed by atoms with Crippen LogP contribution in [0.4, 0.5) is 4.39 Å². The monoisotopic (exact) mass is 581 g/mol. The molecule has 0 N–H and O–H groups in total. The summed E-state index contributed by atoms with van der Waals surface area (Å²) in [7, 11) is -3.02. The van der Waals surface area contributed by atoms with Crippen LogP contribution in [0.2, 0.25) is 0 Å². The molecule has 1 heterocycles. The van der Waals surface area contributed by atoms with Crippen LogP contribution >= 0.6 is 0 Å². The van der Waals surface area contributed by atoms with E-state index in [4.69, 9.17) is 14.2 Å². The first kappa shape index (κ1) is 29.0. The number of benzene rings is 2. The summed E-state index contributed by atoms with van der Waals surface area (Å²) in [4.78, 5) is 16.7. The molecular formula is C32H36FNO6S. The van der Waals surface area contributed by atoms with Gasteiger partial charge in [-0.2, -0.15) is 0 Å². The van der Waals surface area contributed by atoms with Crippen LogP contribution in [0.3, 0.4) is 0 Å². The molecule has 0 bridgehead atoms. The minimum atomic E-state index is -3.02.